The summed E-state index contributed by atoms with van der Waals surface area (Å²) in [6, 6.07) is 1.21. The lowest BCUT2D eigenvalue weighted by Gasteiger charge is -2.24. The molecule has 0 amide bonds. The van der Waals surface area contributed by atoms with Crippen LogP contribution in [-0.4, -0.2) is 24.1 Å². The second-order valence-electron chi connectivity index (χ2n) is 4.58. The van der Waals surface area contributed by atoms with Gasteiger partial charge < -0.3 is 10.6 Å². The maximum Gasteiger partial charge on any atom is 0.417 e. The van der Waals surface area contributed by atoms with E-state index < -0.39 is 11.7 Å². The number of hydrogen-bond acceptors (Lipinski definition) is 3. The van der Waals surface area contributed by atoms with Crippen molar-refractivity contribution in [3.05, 3.63) is 22.8 Å². The van der Waals surface area contributed by atoms with Crippen molar-refractivity contribution in [2.75, 3.05) is 18.4 Å². The zero-order valence-corrected chi connectivity index (χ0v) is 11.0. The van der Waals surface area contributed by atoms with Crippen LogP contribution in [0.15, 0.2) is 12.3 Å². The number of halogens is 4. The fourth-order valence-electron chi connectivity index (χ4n) is 2.04. The predicted octanol–water partition coefficient (Wildman–Crippen LogP) is 3.31. The van der Waals surface area contributed by atoms with E-state index in [1.807, 2.05) is 0 Å². The number of anilines is 1. The highest BCUT2D eigenvalue weighted by Crippen LogP contribution is 2.32. The molecule has 7 heteroatoms. The lowest BCUT2D eigenvalue weighted by atomic mass is 10.1. The predicted molar refractivity (Wildman–Crippen MR) is 68.4 cm³/mol. The number of piperidine rings is 1. The fraction of sp³-hybridized carbons (Fsp3) is 0.583. The van der Waals surface area contributed by atoms with Crippen molar-refractivity contribution in [2.24, 2.45) is 0 Å². The van der Waals surface area contributed by atoms with E-state index in [1.54, 1.807) is 0 Å². The largest absolute Gasteiger partial charge is 0.417 e. The SMILES string of the molecule is FC(F)(F)c1cnc(NC[C@@H]2CCCCN2)c(Cl)c1. The average Bonchev–Trinajstić information content (AvgIpc) is 2.37. The molecule has 1 fully saturated rings. The van der Waals surface area contributed by atoms with E-state index in [9.17, 15) is 13.2 Å². The van der Waals surface area contributed by atoms with Crippen molar-refractivity contribution >= 4 is 17.4 Å². The van der Waals surface area contributed by atoms with E-state index in [0.29, 0.717) is 18.4 Å². The highest BCUT2D eigenvalue weighted by atomic mass is 35.5. The third kappa shape index (κ3) is 3.98. The summed E-state index contributed by atoms with van der Waals surface area (Å²) in [5, 5.41) is 6.31. The Morgan fingerprint density at radius 2 is 2.21 bits per heavy atom. The molecule has 3 nitrogen and oxygen atoms in total. The molecule has 0 aliphatic carbocycles. The molecule has 2 N–H and O–H groups in total. The fourth-order valence-corrected chi connectivity index (χ4v) is 2.27. The van der Waals surface area contributed by atoms with Gasteiger partial charge in [-0.1, -0.05) is 18.0 Å². The molecule has 2 rings (SSSR count). The van der Waals surface area contributed by atoms with Crippen LogP contribution in [0.5, 0.6) is 0 Å². The minimum absolute atomic E-state index is 0.00867. The van der Waals surface area contributed by atoms with Gasteiger partial charge in [0, 0.05) is 18.8 Å². The lowest BCUT2D eigenvalue weighted by molar-refractivity contribution is -0.137. The molecule has 0 radical (unpaired) electrons. The van der Waals surface area contributed by atoms with Crippen LogP contribution >= 0.6 is 11.6 Å². The Bertz CT molecular complexity index is 431. The van der Waals surface area contributed by atoms with E-state index >= 15 is 0 Å². The Hall–Kier alpha value is -1.01. The Balaban J connectivity index is 1.97. The van der Waals surface area contributed by atoms with Gasteiger partial charge in [-0.15, -0.1) is 0 Å². The minimum atomic E-state index is -4.42. The van der Waals surface area contributed by atoms with E-state index in [0.717, 1.165) is 38.1 Å². The first-order chi connectivity index (χ1) is 8.97. The van der Waals surface area contributed by atoms with E-state index in [1.165, 1.54) is 0 Å². The second-order valence-corrected chi connectivity index (χ2v) is 4.99. The average molecular weight is 294 g/mol. The smallest absolute Gasteiger partial charge is 0.367 e. The first-order valence-electron chi connectivity index (χ1n) is 6.17. The van der Waals surface area contributed by atoms with Crippen molar-refractivity contribution in [3.63, 3.8) is 0 Å². The van der Waals surface area contributed by atoms with Crippen LogP contribution in [0.3, 0.4) is 0 Å². The normalized spacial score (nSPS) is 20.3. The van der Waals surface area contributed by atoms with Crippen molar-refractivity contribution < 1.29 is 13.2 Å². The van der Waals surface area contributed by atoms with Crippen LogP contribution in [0.4, 0.5) is 19.0 Å². The standard InChI is InChI=1S/C12H15ClF3N3/c13-10-5-8(12(14,15)16)6-18-11(10)19-7-9-3-1-2-4-17-9/h5-6,9,17H,1-4,7H2,(H,18,19)/t9-/m0/s1. The van der Waals surface area contributed by atoms with Gasteiger partial charge in [-0.25, -0.2) is 4.98 Å². The summed E-state index contributed by atoms with van der Waals surface area (Å²) in [6.45, 7) is 1.58. The van der Waals surface area contributed by atoms with Gasteiger partial charge in [0.25, 0.3) is 0 Å². The molecule has 1 aliphatic heterocycles. The van der Waals surface area contributed by atoms with Gasteiger partial charge >= 0.3 is 6.18 Å². The molecule has 106 valence electrons. The highest BCUT2D eigenvalue weighted by Gasteiger charge is 2.31. The molecule has 0 spiro atoms. The van der Waals surface area contributed by atoms with Gasteiger partial charge in [-0.2, -0.15) is 13.2 Å². The number of alkyl halides is 3. The summed E-state index contributed by atoms with van der Waals surface area (Å²) in [7, 11) is 0. The minimum Gasteiger partial charge on any atom is -0.367 e. The molecule has 2 heterocycles. The van der Waals surface area contributed by atoms with Crippen LogP contribution < -0.4 is 10.6 Å². The number of nitrogens with zero attached hydrogens (tertiary/aromatic N) is 1. The van der Waals surface area contributed by atoms with Gasteiger partial charge in [-0.3, -0.25) is 0 Å². The van der Waals surface area contributed by atoms with Crippen molar-refractivity contribution in [2.45, 2.75) is 31.5 Å². The van der Waals surface area contributed by atoms with Gasteiger partial charge in [0.05, 0.1) is 10.6 Å². The lowest BCUT2D eigenvalue weighted by Crippen LogP contribution is -2.39. The zero-order valence-electron chi connectivity index (χ0n) is 10.2. The molecular formula is C12H15ClF3N3. The molecule has 1 aromatic rings. The van der Waals surface area contributed by atoms with E-state index in [4.69, 9.17) is 11.6 Å². The second kappa shape index (κ2) is 5.96. The van der Waals surface area contributed by atoms with Crippen molar-refractivity contribution in [1.29, 1.82) is 0 Å². The molecule has 0 unspecified atom stereocenters. The summed E-state index contributed by atoms with van der Waals surface area (Å²) < 4.78 is 37.3. The van der Waals surface area contributed by atoms with Gasteiger partial charge in [0.2, 0.25) is 0 Å². The molecule has 1 atom stereocenters. The van der Waals surface area contributed by atoms with Crippen LogP contribution in [0.2, 0.25) is 5.02 Å². The Morgan fingerprint density at radius 3 is 2.79 bits per heavy atom. The number of nitrogens with one attached hydrogen (secondary N) is 2. The maximum atomic E-state index is 12.4. The molecule has 1 aliphatic rings. The Morgan fingerprint density at radius 1 is 1.42 bits per heavy atom. The monoisotopic (exact) mass is 293 g/mol. The number of rotatable bonds is 3. The summed E-state index contributed by atoms with van der Waals surface area (Å²) >= 11 is 5.81. The molecule has 1 aromatic heterocycles. The molecule has 1 saturated heterocycles. The van der Waals surface area contributed by atoms with E-state index in [2.05, 4.69) is 15.6 Å². The van der Waals surface area contributed by atoms with Crippen LogP contribution in [0.1, 0.15) is 24.8 Å². The maximum absolute atomic E-state index is 12.4. The molecule has 0 bridgehead atoms. The first-order valence-corrected chi connectivity index (χ1v) is 6.54. The summed E-state index contributed by atoms with van der Waals surface area (Å²) in [5.41, 5.74) is -0.834. The summed E-state index contributed by atoms with van der Waals surface area (Å²) in [4.78, 5) is 3.74. The molecule has 0 saturated carbocycles. The Kier molecular flexibility index (Phi) is 4.52. The molecule has 19 heavy (non-hydrogen) atoms. The molecule has 0 aromatic carbocycles. The summed E-state index contributed by atoms with van der Waals surface area (Å²) in [5.74, 6) is 0.294. The molecular weight excluding hydrogens is 279 g/mol. The van der Waals surface area contributed by atoms with Gasteiger partial charge in [0.1, 0.15) is 5.82 Å². The number of pyridine rings is 1. The van der Waals surface area contributed by atoms with Crippen LogP contribution in [0, 0.1) is 0 Å². The summed E-state index contributed by atoms with van der Waals surface area (Å²) in [6.07, 6.45) is -0.253. The van der Waals surface area contributed by atoms with Gasteiger partial charge in [0.15, 0.2) is 0 Å². The third-order valence-electron chi connectivity index (χ3n) is 3.10. The van der Waals surface area contributed by atoms with Crippen LogP contribution in [0.25, 0.3) is 0 Å². The number of hydrogen-bond donors (Lipinski definition) is 2. The number of aromatic nitrogens is 1. The van der Waals surface area contributed by atoms with E-state index in [-0.39, 0.29) is 5.02 Å². The zero-order chi connectivity index (χ0) is 13.9. The Labute approximate surface area is 114 Å². The van der Waals surface area contributed by atoms with Gasteiger partial charge in [-0.05, 0) is 25.5 Å². The topological polar surface area (TPSA) is 37.0 Å². The quantitative estimate of drug-likeness (QED) is 0.898. The van der Waals surface area contributed by atoms with Crippen molar-refractivity contribution in [1.82, 2.24) is 10.3 Å². The first kappa shape index (κ1) is 14.4. The van der Waals surface area contributed by atoms with Crippen molar-refractivity contribution in [3.8, 4) is 0 Å². The highest BCUT2D eigenvalue weighted by molar-refractivity contribution is 6.32. The van der Waals surface area contributed by atoms with Crippen LogP contribution in [-0.2, 0) is 6.18 Å². The third-order valence-corrected chi connectivity index (χ3v) is 3.38.